The quantitative estimate of drug-likeness (QED) is 0.801. The lowest BCUT2D eigenvalue weighted by Gasteiger charge is -2.23. The van der Waals surface area contributed by atoms with Gasteiger partial charge in [0.15, 0.2) is 5.11 Å². The van der Waals surface area contributed by atoms with Crippen LogP contribution >= 0.6 is 12.2 Å². The predicted octanol–water partition coefficient (Wildman–Crippen LogP) is 2.69. The first kappa shape index (κ1) is 16.5. The van der Waals surface area contributed by atoms with Crippen LogP contribution in [-0.4, -0.2) is 30.7 Å². The smallest absolute Gasteiger partial charge is 0.166 e. The third-order valence-electron chi connectivity index (χ3n) is 3.32. The highest BCUT2D eigenvalue weighted by Crippen LogP contribution is 2.17. The first-order chi connectivity index (χ1) is 10.6. The summed E-state index contributed by atoms with van der Waals surface area (Å²) in [6.07, 6.45) is 1.66. The molecule has 0 spiro atoms. The Morgan fingerprint density at radius 1 is 1.23 bits per heavy atom. The number of rotatable bonds is 6. The molecule has 1 aromatic carbocycles. The molecule has 1 aromatic heterocycles. The number of benzene rings is 1. The number of furan rings is 1. The number of hydrogen-bond donors (Lipinski definition) is 2. The maximum atomic E-state index is 12.8. The van der Waals surface area contributed by atoms with E-state index in [9.17, 15) is 4.39 Å². The molecule has 22 heavy (non-hydrogen) atoms. The molecule has 0 amide bonds. The average molecular weight is 321 g/mol. The van der Waals surface area contributed by atoms with Crippen molar-refractivity contribution in [3.8, 4) is 0 Å². The van der Waals surface area contributed by atoms with Crippen molar-refractivity contribution in [3.63, 3.8) is 0 Å². The maximum absolute atomic E-state index is 12.8. The van der Waals surface area contributed by atoms with Gasteiger partial charge in [0.25, 0.3) is 0 Å². The van der Waals surface area contributed by atoms with E-state index in [2.05, 4.69) is 15.5 Å². The van der Waals surface area contributed by atoms with Gasteiger partial charge in [0.1, 0.15) is 11.6 Å². The summed E-state index contributed by atoms with van der Waals surface area (Å²) in [5.41, 5.74) is 0.973. The molecule has 1 atom stereocenters. The van der Waals surface area contributed by atoms with Crippen molar-refractivity contribution in [1.29, 1.82) is 0 Å². The van der Waals surface area contributed by atoms with E-state index in [4.69, 9.17) is 16.6 Å². The Labute approximate surface area is 135 Å². The van der Waals surface area contributed by atoms with Crippen LogP contribution in [0.5, 0.6) is 0 Å². The molecule has 0 saturated heterocycles. The van der Waals surface area contributed by atoms with E-state index in [-0.39, 0.29) is 11.9 Å². The van der Waals surface area contributed by atoms with Gasteiger partial charge in [-0.25, -0.2) is 4.39 Å². The molecule has 0 unspecified atom stereocenters. The van der Waals surface area contributed by atoms with Crippen molar-refractivity contribution in [2.75, 3.05) is 20.6 Å². The fraction of sp³-hybridized carbons (Fsp3) is 0.312. The van der Waals surface area contributed by atoms with Gasteiger partial charge in [-0.15, -0.1) is 0 Å². The zero-order valence-electron chi connectivity index (χ0n) is 12.7. The van der Waals surface area contributed by atoms with Crippen LogP contribution in [0.1, 0.15) is 17.4 Å². The van der Waals surface area contributed by atoms with Gasteiger partial charge in [0.05, 0.1) is 12.3 Å². The Kier molecular flexibility index (Phi) is 5.91. The minimum Gasteiger partial charge on any atom is -0.468 e. The number of hydrogen-bond acceptors (Lipinski definition) is 3. The van der Waals surface area contributed by atoms with Crippen molar-refractivity contribution < 1.29 is 8.81 Å². The second kappa shape index (κ2) is 7.91. The van der Waals surface area contributed by atoms with Crippen LogP contribution in [0.4, 0.5) is 4.39 Å². The largest absolute Gasteiger partial charge is 0.468 e. The molecule has 2 aromatic rings. The van der Waals surface area contributed by atoms with Crippen LogP contribution in [-0.2, 0) is 6.54 Å². The van der Waals surface area contributed by atoms with Crippen LogP contribution in [0.25, 0.3) is 0 Å². The predicted molar refractivity (Wildman–Crippen MR) is 89.0 cm³/mol. The summed E-state index contributed by atoms with van der Waals surface area (Å²) in [4.78, 5) is 2.06. The number of likely N-dealkylation sites (N-methyl/N-ethyl adjacent to an activating group) is 1. The maximum Gasteiger partial charge on any atom is 0.166 e. The van der Waals surface area contributed by atoms with Gasteiger partial charge in [-0.05, 0) is 56.1 Å². The molecule has 1 heterocycles. The fourth-order valence-electron chi connectivity index (χ4n) is 2.05. The van der Waals surface area contributed by atoms with Crippen LogP contribution in [0.2, 0.25) is 0 Å². The Morgan fingerprint density at radius 3 is 2.55 bits per heavy atom. The molecular formula is C16H20FN3OS. The molecule has 4 nitrogen and oxygen atoms in total. The van der Waals surface area contributed by atoms with Crippen LogP contribution < -0.4 is 10.6 Å². The molecule has 0 fully saturated rings. The third-order valence-corrected chi connectivity index (χ3v) is 3.61. The summed E-state index contributed by atoms with van der Waals surface area (Å²) in [7, 11) is 3.98. The highest BCUT2D eigenvalue weighted by Gasteiger charge is 2.16. The van der Waals surface area contributed by atoms with Crippen molar-refractivity contribution in [2.24, 2.45) is 0 Å². The van der Waals surface area contributed by atoms with Gasteiger partial charge in [-0.2, -0.15) is 0 Å². The van der Waals surface area contributed by atoms with Crippen molar-refractivity contribution in [3.05, 3.63) is 59.8 Å². The fourth-order valence-corrected chi connectivity index (χ4v) is 2.21. The van der Waals surface area contributed by atoms with Crippen LogP contribution in [0.3, 0.4) is 0 Å². The van der Waals surface area contributed by atoms with E-state index in [0.717, 1.165) is 11.3 Å². The van der Waals surface area contributed by atoms with Gasteiger partial charge in [-0.3, -0.25) is 4.90 Å². The molecule has 0 aliphatic carbocycles. The molecule has 0 radical (unpaired) electrons. The van der Waals surface area contributed by atoms with Gasteiger partial charge in [-0.1, -0.05) is 12.1 Å². The summed E-state index contributed by atoms with van der Waals surface area (Å²) in [5, 5.41) is 6.84. The Morgan fingerprint density at radius 2 is 1.95 bits per heavy atom. The van der Waals surface area contributed by atoms with E-state index in [0.29, 0.717) is 18.2 Å². The summed E-state index contributed by atoms with van der Waals surface area (Å²) < 4.78 is 18.3. The Bertz CT molecular complexity index is 584. The minimum absolute atomic E-state index is 0.0978. The zero-order chi connectivity index (χ0) is 15.9. The van der Waals surface area contributed by atoms with Crippen molar-refractivity contribution in [1.82, 2.24) is 15.5 Å². The molecule has 6 heteroatoms. The van der Waals surface area contributed by atoms with Crippen LogP contribution in [0.15, 0.2) is 47.1 Å². The van der Waals surface area contributed by atoms with Gasteiger partial charge in [0.2, 0.25) is 0 Å². The van der Waals surface area contributed by atoms with Crippen molar-refractivity contribution in [2.45, 2.75) is 12.6 Å². The Hall–Kier alpha value is -1.92. The molecule has 0 aliphatic rings. The lowest BCUT2D eigenvalue weighted by atomic mass is 10.2. The summed E-state index contributed by atoms with van der Waals surface area (Å²) in [6, 6.07) is 10.3. The molecule has 2 rings (SSSR count). The Balaban J connectivity index is 1.80. The normalized spacial score (nSPS) is 12.2. The standard InChI is InChI=1S/C16H20FN3OS/c1-20(2)14(15-4-3-9-21-15)11-19-16(22)18-10-12-5-7-13(17)8-6-12/h3-9,14H,10-11H2,1-2H3,(H2,18,19,22)/t14-/m1/s1. The molecular weight excluding hydrogens is 301 g/mol. The highest BCUT2D eigenvalue weighted by atomic mass is 32.1. The monoisotopic (exact) mass is 321 g/mol. The molecule has 0 aliphatic heterocycles. The van der Waals surface area contributed by atoms with Crippen LogP contribution in [0, 0.1) is 5.82 Å². The number of thiocarbonyl (C=S) groups is 1. The van der Waals surface area contributed by atoms with E-state index in [1.54, 1.807) is 18.4 Å². The van der Waals surface area contributed by atoms with E-state index >= 15 is 0 Å². The summed E-state index contributed by atoms with van der Waals surface area (Å²) >= 11 is 5.27. The lowest BCUT2D eigenvalue weighted by molar-refractivity contribution is 0.258. The summed E-state index contributed by atoms with van der Waals surface area (Å²) in [6.45, 7) is 1.19. The highest BCUT2D eigenvalue weighted by molar-refractivity contribution is 7.80. The molecule has 2 N–H and O–H groups in total. The van der Waals surface area contributed by atoms with Gasteiger partial charge in [0, 0.05) is 13.1 Å². The SMILES string of the molecule is CN(C)[C@H](CNC(=S)NCc1ccc(F)cc1)c1ccco1. The van der Waals surface area contributed by atoms with Gasteiger partial charge >= 0.3 is 0 Å². The molecule has 118 valence electrons. The molecule has 0 saturated carbocycles. The van der Waals surface area contributed by atoms with E-state index in [1.165, 1.54) is 12.1 Å². The first-order valence-electron chi connectivity index (χ1n) is 7.02. The third kappa shape index (κ3) is 4.82. The van der Waals surface area contributed by atoms with E-state index in [1.807, 2.05) is 26.2 Å². The number of nitrogens with zero attached hydrogens (tertiary/aromatic N) is 1. The molecule has 0 bridgehead atoms. The van der Waals surface area contributed by atoms with Gasteiger partial charge < -0.3 is 15.1 Å². The number of nitrogens with one attached hydrogen (secondary N) is 2. The second-order valence-corrected chi connectivity index (χ2v) is 5.59. The topological polar surface area (TPSA) is 40.4 Å². The minimum atomic E-state index is -0.239. The zero-order valence-corrected chi connectivity index (χ0v) is 13.5. The lowest BCUT2D eigenvalue weighted by Crippen LogP contribution is -2.39. The number of halogens is 1. The second-order valence-electron chi connectivity index (χ2n) is 5.18. The van der Waals surface area contributed by atoms with Crippen molar-refractivity contribution >= 4 is 17.3 Å². The first-order valence-corrected chi connectivity index (χ1v) is 7.43. The average Bonchev–Trinajstić information content (AvgIpc) is 3.00. The van der Waals surface area contributed by atoms with E-state index < -0.39 is 0 Å². The summed E-state index contributed by atoms with van der Waals surface area (Å²) in [5.74, 6) is 0.649.